The van der Waals surface area contributed by atoms with Crippen molar-refractivity contribution in [2.24, 2.45) is 5.92 Å². The van der Waals surface area contributed by atoms with E-state index in [1.54, 1.807) is 7.11 Å². The van der Waals surface area contributed by atoms with Gasteiger partial charge in [0.25, 0.3) is 5.91 Å². The van der Waals surface area contributed by atoms with Crippen LogP contribution >= 0.6 is 0 Å². The van der Waals surface area contributed by atoms with Gasteiger partial charge in [-0.05, 0) is 56.3 Å². The van der Waals surface area contributed by atoms with Crippen molar-refractivity contribution in [3.8, 4) is 0 Å². The number of carbonyl (C=O) groups is 1. The summed E-state index contributed by atoms with van der Waals surface area (Å²) < 4.78 is 7.45. The van der Waals surface area contributed by atoms with Crippen LogP contribution in [0.2, 0.25) is 0 Å². The van der Waals surface area contributed by atoms with Crippen molar-refractivity contribution >= 4 is 11.6 Å². The van der Waals surface area contributed by atoms with Crippen molar-refractivity contribution < 1.29 is 9.53 Å². The van der Waals surface area contributed by atoms with Gasteiger partial charge in [0, 0.05) is 39.5 Å². The average Bonchev–Trinajstić information content (AvgIpc) is 3.15. The van der Waals surface area contributed by atoms with Crippen LogP contribution in [0.3, 0.4) is 0 Å². The molecule has 28 heavy (non-hydrogen) atoms. The maximum atomic E-state index is 13.4. The Morgan fingerprint density at radius 3 is 2.75 bits per heavy atom. The van der Waals surface area contributed by atoms with Gasteiger partial charge in [0.1, 0.15) is 5.65 Å². The molecular formula is C22H32N4O2. The van der Waals surface area contributed by atoms with E-state index in [4.69, 9.17) is 9.72 Å². The second-order valence-corrected chi connectivity index (χ2v) is 8.39. The van der Waals surface area contributed by atoms with Crippen LogP contribution in [0.5, 0.6) is 0 Å². The Morgan fingerprint density at radius 2 is 2.00 bits per heavy atom. The second kappa shape index (κ2) is 8.62. The van der Waals surface area contributed by atoms with E-state index in [1.807, 2.05) is 4.90 Å². The number of amides is 1. The Labute approximate surface area is 167 Å². The smallest absolute Gasteiger partial charge is 0.274 e. The predicted octanol–water partition coefficient (Wildman–Crippen LogP) is 3.13. The summed E-state index contributed by atoms with van der Waals surface area (Å²) in [4.78, 5) is 22.6. The molecule has 0 bridgehead atoms. The third kappa shape index (κ3) is 4.08. The highest BCUT2D eigenvalue weighted by atomic mass is 16.5. The molecule has 0 aliphatic carbocycles. The zero-order valence-corrected chi connectivity index (χ0v) is 17.2. The summed E-state index contributed by atoms with van der Waals surface area (Å²) in [5.41, 5.74) is 3.71. The first kappa shape index (κ1) is 19.4. The van der Waals surface area contributed by atoms with Crippen molar-refractivity contribution in [1.29, 1.82) is 0 Å². The lowest BCUT2D eigenvalue weighted by Gasteiger charge is -2.21. The van der Waals surface area contributed by atoms with Gasteiger partial charge < -0.3 is 14.0 Å². The number of rotatable bonds is 5. The minimum Gasteiger partial charge on any atom is -0.384 e. The number of ether oxygens (including phenoxy) is 1. The quantitative estimate of drug-likeness (QED) is 0.795. The molecule has 6 heteroatoms. The number of fused-ring (bicyclic) bond motifs is 1. The maximum Gasteiger partial charge on any atom is 0.274 e. The molecule has 4 heterocycles. The first-order chi connectivity index (χ1) is 13.7. The topological polar surface area (TPSA) is 50.1 Å². The van der Waals surface area contributed by atoms with Gasteiger partial charge in [0.05, 0.1) is 12.3 Å². The standard InChI is InChI=1S/C22H32N4O2/c1-17-7-12-26-19(15-24-11-8-18(14-24)16-28-2)21(23-20(26)13-17)22(27)25-9-5-3-4-6-10-25/h7,12-13,18H,3-6,8-11,14-16H2,1-2H3/t18-/m1/s1. The molecule has 152 valence electrons. The molecule has 2 aliphatic heterocycles. The van der Waals surface area contributed by atoms with Gasteiger partial charge >= 0.3 is 0 Å². The molecule has 1 atom stereocenters. The molecule has 0 radical (unpaired) electrons. The Balaban J connectivity index is 1.63. The molecule has 0 N–H and O–H groups in total. The van der Waals surface area contributed by atoms with Crippen molar-refractivity contribution in [1.82, 2.24) is 19.2 Å². The van der Waals surface area contributed by atoms with Crippen LogP contribution in [-0.4, -0.2) is 65.0 Å². The summed E-state index contributed by atoms with van der Waals surface area (Å²) in [6.07, 6.45) is 7.84. The van der Waals surface area contributed by atoms with E-state index < -0.39 is 0 Å². The Hall–Kier alpha value is -1.92. The van der Waals surface area contributed by atoms with Crippen molar-refractivity contribution in [3.63, 3.8) is 0 Å². The molecule has 0 spiro atoms. The van der Waals surface area contributed by atoms with Crippen LogP contribution in [-0.2, 0) is 11.3 Å². The molecule has 0 saturated carbocycles. The number of aryl methyl sites for hydroxylation is 1. The van der Waals surface area contributed by atoms with Gasteiger partial charge in [-0.15, -0.1) is 0 Å². The highest BCUT2D eigenvalue weighted by Crippen LogP contribution is 2.23. The molecule has 2 aliphatic rings. The summed E-state index contributed by atoms with van der Waals surface area (Å²) in [6.45, 7) is 7.41. The average molecular weight is 385 g/mol. The van der Waals surface area contributed by atoms with E-state index in [-0.39, 0.29) is 5.91 Å². The summed E-state index contributed by atoms with van der Waals surface area (Å²) in [7, 11) is 1.77. The molecule has 0 unspecified atom stereocenters. The number of methoxy groups -OCH3 is 1. The van der Waals surface area contributed by atoms with E-state index in [2.05, 4.69) is 34.6 Å². The van der Waals surface area contributed by atoms with Gasteiger partial charge in [-0.25, -0.2) is 4.98 Å². The van der Waals surface area contributed by atoms with E-state index in [0.717, 1.165) is 69.9 Å². The number of likely N-dealkylation sites (tertiary alicyclic amines) is 2. The van der Waals surface area contributed by atoms with Crippen molar-refractivity contribution in [2.75, 3.05) is 39.9 Å². The second-order valence-electron chi connectivity index (χ2n) is 8.39. The highest BCUT2D eigenvalue weighted by molar-refractivity contribution is 5.94. The van der Waals surface area contributed by atoms with Crippen LogP contribution in [0.15, 0.2) is 18.3 Å². The van der Waals surface area contributed by atoms with Gasteiger partial charge in [0.15, 0.2) is 5.69 Å². The lowest BCUT2D eigenvalue weighted by molar-refractivity contribution is 0.0754. The molecular weight excluding hydrogens is 352 g/mol. The van der Waals surface area contributed by atoms with Gasteiger partial charge in [-0.1, -0.05) is 12.8 Å². The third-order valence-corrected chi connectivity index (χ3v) is 6.12. The fraction of sp³-hybridized carbons (Fsp3) is 0.636. The van der Waals surface area contributed by atoms with Gasteiger partial charge in [-0.3, -0.25) is 9.69 Å². The number of hydrogen-bond donors (Lipinski definition) is 0. The molecule has 1 amide bonds. The highest BCUT2D eigenvalue weighted by Gasteiger charge is 2.28. The molecule has 2 fully saturated rings. The van der Waals surface area contributed by atoms with Crippen LogP contribution in [0.25, 0.3) is 5.65 Å². The zero-order chi connectivity index (χ0) is 19.5. The SMILES string of the molecule is COC[C@@H]1CCN(Cc2c(C(=O)N3CCCCCC3)nc3cc(C)ccn23)C1. The lowest BCUT2D eigenvalue weighted by atomic mass is 10.1. The van der Waals surface area contributed by atoms with Crippen molar-refractivity contribution in [2.45, 2.75) is 45.6 Å². The molecule has 4 rings (SSSR count). The number of pyridine rings is 1. The molecule has 6 nitrogen and oxygen atoms in total. The molecule has 2 saturated heterocycles. The van der Waals surface area contributed by atoms with Gasteiger partial charge in [0.2, 0.25) is 0 Å². The van der Waals surface area contributed by atoms with Crippen LogP contribution in [0.1, 0.15) is 53.8 Å². The number of hydrogen-bond acceptors (Lipinski definition) is 4. The third-order valence-electron chi connectivity index (χ3n) is 6.12. The van der Waals surface area contributed by atoms with Crippen LogP contribution in [0, 0.1) is 12.8 Å². The number of nitrogens with zero attached hydrogens (tertiary/aromatic N) is 4. The Bertz CT molecular complexity index is 823. The molecule has 2 aromatic rings. The monoisotopic (exact) mass is 384 g/mol. The zero-order valence-electron chi connectivity index (χ0n) is 17.2. The maximum absolute atomic E-state index is 13.4. The van der Waals surface area contributed by atoms with E-state index in [0.29, 0.717) is 11.6 Å². The van der Waals surface area contributed by atoms with Crippen LogP contribution < -0.4 is 0 Å². The first-order valence-electron chi connectivity index (χ1n) is 10.6. The largest absolute Gasteiger partial charge is 0.384 e. The van der Waals surface area contributed by atoms with E-state index in [9.17, 15) is 4.79 Å². The molecule has 0 aromatic carbocycles. The number of aromatic nitrogens is 2. The van der Waals surface area contributed by atoms with Crippen molar-refractivity contribution in [3.05, 3.63) is 35.3 Å². The summed E-state index contributed by atoms with van der Waals surface area (Å²) in [5, 5.41) is 0. The minimum atomic E-state index is 0.103. The number of imidazole rings is 1. The fourth-order valence-corrected chi connectivity index (χ4v) is 4.58. The normalized spacial score (nSPS) is 21.4. The Kier molecular flexibility index (Phi) is 5.97. The molecule has 2 aromatic heterocycles. The summed E-state index contributed by atoms with van der Waals surface area (Å²) >= 11 is 0. The predicted molar refractivity (Wildman–Crippen MR) is 110 cm³/mol. The van der Waals surface area contributed by atoms with Gasteiger partial charge in [-0.2, -0.15) is 0 Å². The summed E-state index contributed by atoms with van der Waals surface area (Å²) in [5.74, 6) is 0.682. The fourth-order valence-electron chi connectivity index (χ4n) is 4.58. The van der Waals surface area contributed by atoms with Crippen LogP contribution in [0.4, 0.5) is 0 Å². The first-order valence-corrected chi connectivity index (χ1v) is 10.6. The number of carbonyl (C=O) groups excluding carboxylic acids is 1. The van der Waals surface area contributed by atoms with E-state index >= 15 is 0 Å². The minimum absolute atomic E-state index is 0.103. The Morgan fingerprint density at radius 1 is 1.21 bits per heavy atom. The van der Waals surface area contributed by atoms with E-state index in [1.165, 1.54) is 18.4 Å². The summed E-state index contributed by atoms with van der Waals surface area (Å²) in [6, 6.07) is 4.16. The lowest BCUT2D eigenvalue weighted by Crippen LogP contribution is -2.33.